The van der Waals surface area contributed by atoms with Gasteiger partial charge in [-0.25, -0.2) is 4.98 Å². The summed E-state index contributed by atoms with van der Waals surface area (Å²) in [4.78, 5) is 60.7. The van der Waals surface area contributed by atoms with E-state index in [2.05, 4.69) is 25.3 Å². The van der Waals surface area contributed by atoms with Crippen molar-refractivity contribution in [3.63, 3.8) is 0 Å². The van der Waals surface area contributed by atoms with Gasteiger partial charge in [0, 0.05) is 16.7 Å². The summed E-state index contributed by atoms with van der Waals surface area (Å²) < 4.78 is 5.57. The first-order chi connectivity index (χ1) is 24.7. The van der Waals surface area contributed by atoms with Gasteiger partial charge in [0.25, 0.3) is 23.0 Å². The molecule has 0 spiro atoms. The Labute approximate surface area is 290 Å². The molecule has 0 fully saturated rings. The van der Waals surface area contributed by atoms with E-state index < -0.39 is 23.0 Å². The Balaban J connectivity index is 0.000000199. The SMILES string of the molecule is N#Cc1c(-c2ccccc2)nc(NC(=O)c2ccccc2)[nH]c1=O.N#Cc1c(-c2ccccc2)nc(OCc2cccc(CC(=O)O)c2)[nH]c1=O. The van der Waals surface area contributed by atoms with Gasteiger partial charge in [-0.2, -0.15) is 15.5 Å². The van der Waals surface area contributed by atoms with E-state index in [1.807, 2.05) is 24.3 Å². The van der Waals surface area contributed by atoms with Crippen molar-refractivity contribution in [2.24, 2.45) is 0 Å². The second-order valence-electron chi connectivity index (χ2n) is 10.7. The predicted molar refractivity (Wildman–Crippen MR) is 187 cm³/mol. The zero-order chi connectivity index (χ0) is 36.2. The van der Waals surface area contributed by atoms with Crippen molar-refractivity contribution >= 4 is 17.8 Å². The number of carbonyl (C=O) groups excluding carboxylic acids is 1. The Kier molecular flexibility index (Phi) is 11.2. The first-order valence-corrected chi connectivity index (χ1v) is 15.2. The lowest BCUT2D eigenvalue weighted by atomic mass is 10.1. The summed E-state index contributed by atoms with van der Waals surface area (Å²) in [5, 5.41) is 29.9. The van der Waals surface area contributed by atoms with E-state index in [-0.39, 0.29) is 47.5 Å². The molecule has 0 saturated carbocycles. The summed E-state index contributed by atoms with van der Waals surface area (Å²) in [7, 11) is 0. The van der Waals surface area contributed by atoms with Gasteiger partial charge in [-0.3, -0.25) is 34.5 Å². The number of nitrogens with zero attached hydrogens (tertiary/aromatic N) is 4. The molecule has 0 radical (unpaired) electrons. The van der Waals surface area contributed by atoms with Gasteiger partial charge in [-0.1, -0.05) is 103 Å². The number of aromatic nitrogens is 4. The first-order valence-electron chi connectivity index (χ1n) is 15.2. The molecule has 0 aliphatic rings. The molecular formula is C38H27N7O6. The van der Waals surface area contributed by atoms with E-state index in [1.54, 1.807) is 103 Å². The third-order valence-electron chi connectivity index (χ3n) is 7.13. The standard InChI is InChI=1S/C20H15N3O4.C18H12N4O2/c21-11-16-18(15-7-2-1-3-8-15)22-20(23-19(16)26)27-12-14-6-4-5-13(9-14)10-17(24)25;19-11-14-15(12-7-3-1-4-8-12)20-18(22-17(14)24)21-16(23)13-9-5-2-6-10-13/h1-9H,10,12H2,(H,24,25)(H,22,23,26);1-10H,(H2,20,21,22,23,24). The molecule has 2 heterocycles. The molecule has 250 valence electrons. The van der Waals surface area contributed by atoms with Crippen LogP contribution in [0.15, 0.2) is 125 Å². The van der Waals surface area contributed by atoms with Gasteiger partial charge in [-0.15, -0.1) is 0 Å². The molecule has 0 aliphatic carbocycles. The molecule has 0 saturated heterocycles. The lowest BCUT2D eigenvalue weighted by Crippen LogP contribution is -2.20. The van der Waals surface area contributed by atoms with Crippen molar-refractivity contribution in [1.82, 2.24) is 19.9 Å². The predicted octanol–water partition coefficient (Wildman–Crippen LogP) is 5.08. The molecule has 1 amide bonds. The van der Waals surface area contributed by atoms with Crippen LogP contribution in [0.25, 0.3) is 22.5 Å². The molecule has 0 aliphatic heterocycles. The fourth-order valence-electron chi connectivity index (χ4n) is 4.80. The van der Waals surface area contributed by atoms with E-state index in [9.17, 15) is 29.7 Å². The number of amides is 1. The van der Waals surface area contributed by atoms with Crippen molar-refractivity contribution in [2.45, 2.75) is 13.0 Å². The number of carboxylic acid groups (broad SMARTS) is 1. The number of rotatable bonds is 9. The number of benzene rings is 4. The Bertz CT molecular complexity index is 2380. The van der Waals surface area contributed by atoms with Crippen LogP contribution in [0.2, 0.25) is 0 Å². The van der Waals surface area contributed by atoms with E-state index in [0.717, 1.165) is 5.56 Å². The van der Waals surface area contributed by atoms with E-state index >= 15 is 0 Å². The minimum atomic E-state index is -0.918. The van der Waals surface area contributed by atoms with Crippen LogP contribution < -0.4 is 21.2 Å². The minimum absolute atomic E-state index is 0.00768. The molecule has 2 aromatic heterocycles. The third kappa shape index (κ3) is 9.04. The average molecular weight is 678 g/mol. The average Bonchev–Trinajstić information content (AvgIpc) is 3.15. The number of nitrogens with one attached hydrogen (secondary N) is 3. The molecule has 4 aromatic carbocycles. The van der Waals surface area contributed by atoms with Gasteiger partial charge in [0.05, 0.1) is 17.8 Å². The van der Waals surface area contributed by atoms with Gasteiger partial charge >= 0.3 is 5.97 Å². The van der Waals surface area contributed by atoms with E-state index in [1.165, 1.54) is 0 Å². The highest BCUT2D eigenvalue weighted by Crippen LogP contribution is 2.21. The minimum Gasteiger partial charge on any atom is -0.481 e. The quantitative estimate of drug-likeness (QED) is 0.159. The highest BCUT2D eigenvalue weighted by molar-refractivity contribution is 6.03. The van der Waals surface area contributed by atoms with Crippen molar-refractivity contribution < 1.29 is 19.4 Å². The summed E-state index contributed by atoms with van der Waals surface area (Å²) >= 11 is 0. The monoisotopic (exact) mass is 677 g/mol. The molecule has 13 nitrogen and oxygen atoms in total. The number of anilines is 1. The molecule has 51 heavy (non-hydrogen) atoms. The topological polar surface area (TPSA) is 215 Å². The third-order valence-corrected chi connectivity index (χ3v) is 7.13. The molecule has 6 rings (SSSR count). The van der Waals surface area contributed by atoms with Crippen LogP contribution in [0, 0.1) is 22.7 Å². The van der Waals surface area contributed by atoms with Crippen molar-refractivity contribution in [3.05, 3.63) is 164 Å². The maximum Gasteiger partial charge on any atom is 0.307 e. The fourth-order valence-corrected chi connectivity index (χ4v) is 4.80. The second kappa shape index (κ2) is 16.5. The molecule has 6 aromatic rings. The molecule has 0 atom stereocenters. The van der Waals surface area contributed by atoms with E-state index in [0.29, 0.717) is 22.3 Å². The van der Waals surface area contributed by atoms with Crippen LogP contribution in [0.5, 0.6) is 6.01 Å². The van der Waals surface area contributed by atoms with Crippen LogP contribution in [0.4, 0.5) is 5.95 Å². The molecule has 13 heteroatoms. The summed E-state index contributed by atoms with van der Waals surface area (Å²) in [6.07, 6.45) is -0.0854. The highest BCUT2D eigenvalue weighted by atomic mass is 16.5. The molecular weight excluding hydrogens is 650 g/mol. The number of H-pyrrole nitrogens is 2. The summed E-state index contributed by atoms with van der Waals surface area (Å²) in [6, 6.07) is 37.0. The Morgan fingerprint density at radius 3 is 1.80 bits per heavy atom. The molecule has 0 bridgehead atoms. The molecule has 0 unspecified atom stereocenters. The van der Waals surface area contributed by atoms with Crippen molar-refractivity contribution in [3.8, 4) is 40.7 Å². The second-order valence-corrected chi connectivity index (χ2v) is 10.7. The van der Waals surface area contributed by atoms with Crippen LogP contribution in [0.1, 0.15) is 32.6 Å². The lowest BCUT2D eigenvalue weighted by molar-refractivity contribution is -0.136. The summed E-state index contributed by atoms with van der Waals surface area (Å²) in [5.74, 6) is -1.33. The van der Waals surface area contributed by atoms with Gasteiger partial charge in [0.15, 0.2) is 0 Å². The maximum absolute atomic E-state index is 12.2. The summed E-state index contributed by atoms with van der Waals surface area (Å²) in [6.45, 7) is 0.0938. The zero-order valence-electron chi connectivity index (χ0n) is 26.7. The largest absolute Gasteiger partial charge is 0.481 e. The molecule has 4 N–H and O–H groups in total. The summed E-state index contributed by atoms with van der Waals surface area (Å²) in [5.41, 5.74) is 2.18. The van der Waals surface area contributed by atoms with Crippen LogP contribution in [0.3, 0.4) is 0 Å². The number of carboxylic acids is 1. The smallest absolute Gasteiger partial charge is 0.307 e. The highest BCUT2D eigenvalue weighted by Gasteiger charge is 2.16. The zero-order valence-corrected chi connectivity index (χ0v) is 26.7. The number of aromatic amines is 2. The van der Waals surface area contributed by atoms with Gasteiger partial charge in [0.1, 0.15) is 29.9 Å². The number of carbonyl (C=O) groups is 2. The van der Waals surface area contributed by atoms with Crippen LogP contribution in [-0.2, 0) is 17.8 Å². The first kappa shape index (κ1) is 34.7. The van der Waals surface area contributed by atoms with Crippen molar-refractivity contribution in [1.29, 1.82) is 10.5 Å². The number of ether oxygens (including phenoxy) is 1. The Morgan fingerprint density at radius 2 is 1.24 bits per heavy atom. The Hall–Kier alpha value is -7.64. The number of aliphatic carboxylic acids is 1. The number of hydrogen-bond donors (Lipinski definition) is 4. The Morgan fingerprint density at radius 1 is 0.706 bits per heavy atom. The lowest BCUT2D eigenvalue weighted by Gasteiger charge is -2.09. The number of hydrogen-bond acceptors (Lipinski definition) is 9. The maximum atomic E-state index is 12.2. The van der Waals surface area contributed by atoms with Crippen LogP contribution in [-0.4, -0.2) is 36.9 Å². The van der Waals surface area contributed by atoms with Crippen LogP contribution >= 0.6 is 0 Å². The van der Waals surface area contributed by atoms with Gasteiger partial charge in [-0.05, 0) is 23.3 Å². The fraction of sp³-hybridized carbons (Fsp3) is 0.0526. The van der Waals surface area contributed by atoms with Gasteiger partial charge < -0.3 is 9.84 Å². The normalized spacial score (nSPS) is 10.1. The number of nitriles is 2. The van der Waals surface area contributed by atoms with E-state index in [4.69, 9.17) is 9.84 Å². The van der Waals surface area contributed by atoms with Gasteiger partial charge in [0.2, 0.25) is 5.95 Å². The van der Waals surface area contributed by atoms with Crippen molar-refractivity contribution in [2.75, 3.05) is 5.32 Å².